The molecule has 3 rings (SSSR count). The monoisotopic (exact) mass is 260 g/mol. The Morgan fingerprint density at radius 2 is 2.22 bits per heavy atom. The van der Waals surface area contributed by atoms with Crippen molar-refractivity contribution in [2.24, 2.45) is 0 Å². The lowest BCUT2D eigenvalue weighted by Crippen LogP contribution is -2.38. The number of ether oxygens (including phenoxy) is 1. The van der Waals surface area contributed by atoms with Gasteiger partial charge >= 0.3 is 0 Å². The lowest BCUT2D eigenvalue weighted by molar-refractivity contribution is 0.0957. The number of aromatic nitrogens is 1. The molecule has 0 saturated heterocycles. The lowest BCUT2D eigenvalue weighted by atomic mass is 9.94. The van der Waals surface area contributed by atoms with E-state index >= 15 is 0 Å². The van der Waals surface area contributed by atoms with Crippen molar-refractivity contribution in [2.75, 3.05) is 0 Å². The average molecular weight is 260 g/mol. The first-order valence-corrected chi connectivity index (χ1v) is 6.99. The number of nitrogens with one attached hydrogen (secondary N) is 1. The van der Waals surface area contributed by atoms with Gasteiger partial charge in [0.25, 0.3) is 0 Å². The molecule has 1 aliphatic rings. The first-order chi connectivity index (χ1) is 8.67. The molecule has 0 radical (unpaired) electrons. The van der Waals surface area contributed by atoms with Crippen molar-refractivity contribution >= 4 is 11.3 Å². The number of thiazole rings is 1. The van der Waals surface area contributed by atoms with Gasteiger partial charge in [-0.05, 0) is 19.9 Å². The van der Waals surface area contributed by atoms with Crippen molar-refractivity contribution in [1.29, 1.82) is 0 Å². The van der Waals surface area contributed by atoms with Gasteiger partial charge in [-0.3, -0.25) is 0 Å². The quantitative estimate of drug-likeness (QED) is 0.920. The molecule has 1 unspecified atom stereocenters. The van der Waals surface area contributed by atoms with Crippen molar-refractivity contribution in [2.45, 2.75) is 32.0 Å². The first kappa shape index (κ1) is 11.7. The van der Waals surface area contributed by atoms with Gasteiger partial charge in [0, 0.05) is 17.5 Å². The van der Waals surface area contributed by atoms with Gasteiger partial charge in [-0.1, -0.05) is 18.2 Å². The van der Waals surface area contributed by atoms with Crippen LogP contribution in [-0.2, 0) is 6.54 Å². The summed E-state index contributed by atoms with van der Waals surface area (Å²) in [7, 11) is 0. The number of hydrogen-bond acceptors (Lipinski definition) is 4. The highest BCUT2D eigenvalue weighted by molar-refractivity contribution is 7.07. The van der Waals surface area contributed by atoms with Gasteiger partial charge < -0.3 is 10.1 Å². The van der Waals surface area contributed by atoms with Crippen LogP contribution in [0.1, 0.15) is 31.1 Å². The van der Waals surface area contributed by atoms with Crippen LogP contribution in [0.4, 0.5) is 0 Å². The van der Waals surface area contributed by atoms with Gasteiger partial charge in [0.05, 0.1) is 17.2 Å². The van der Waals surface area contributed by atoms with Gasteiger partial charge in [0.2, 0.25) is 0 Å². The molecule has 3 nitrogen and oxygen atoms in total. The van der Waals surface area contributed by atoms with E-state index in [0.29, 0.717) is 0 Å². The molecule has 1 aromatic heterocycles. The Labute approximate surface area is 111 Å². The molecule has 1 aromatic carbocycles. The fourth-order valence-electron chi connectivity index (χ4n) is 2.42. The SMILES string of the molecule is CC1(C)Oc2ccccc2C1NCc1cscn1. The molecule has 0 spiro atoms. The number of benzene rings is 1. The maximum atomic E-state index is 6.00. The number of fused-ring (bicyclic) bond motifs is 1. The molecule has 4 heteroatoms. The second kappa shape index (κ2) is 4.37. The van der Waals surface area contributed by atoms with E-state index in [2.05, 4.69) is 41.7 Å². The van der Waals surface area contributed by atoms with Crippen LogP contribution in [0, 0.1) is 0 Å². The second-order valence-corrected chi connectivity index (χ2v) is 5.76. The van der Waals surface area contributed by atoms with E-state index in [9.17, 15) is 0 Å². The Morgan fingerprint density at radius 3 is 3.00 bits per heavy atom. The minimum atomic E-state index is -0.223. The van der Waals surface area contributed by atoms with Crippen LogP contribution in [0.2, 0.25) is 0 Å². The van der Waals surface area contributed by atoms with Gasteiger partial charge in [0.1, 0.15) is 11.4 Å². The first-order valence-electron chi connectivity index (χ1n) is 6.05. The fraction of sp³-hybridized carbons (Fsp3) is 0.357. The molecule has 94 valence electrons. The predicted molar refractivity (Wildman–Crippen MR) is 72.8 cm³/mol. The van der Waals surface area contributed by atoms with E-state index in [1.807, 2.05) is 17.6 Å². The fourth-order valence-corrected chi connectivity index (χ4v) is 2.97. The van der Waals surface area contributed by atoms with Gasteiger partial charge in [-0.25, -0.2) is 4.98 Å². The molecule has 2 aromatic rings. The summed E-state index contributed by atoms with van der Waals surface area (Å²) >= 11 is 1.63. The average Bonchev–Trinajstić information content (AvgIpc) is 2.91. The highest BCUT2D eigenvalue weighted by atomic mass is 32.1. The molecule has 0 saturated carbocycles. The smallest absolute Gasteiger partial charge is 0.125 e. The summed E-state index contributed by atoms with van der Waals surface area (Å²) in [6, 6.07) is 8.43. The highest BCUT2D eigenvalue weighted by Crippen LogP contribution is 2.42. The number of para-hydroxylation sites is 1. The number of hydrogen-bond donors (Lipinski definition) is 1. The molecule has 0 bridgehead atoms. The van der Waals surface area contributed by atoms with Crippen molar-refractivity contribution in [3.63, 3.8) is 0 Å². The zero-order valence-electron chi connectivity index (χ0n) is 10.5. The Bertz CT molecular complexity index is 536. The maximum absolute atomic E-state index is 6.00. The Balaban J connectivity index is 1.81. The van der Waals surface area contributed by atoms with Crippen LogP contribution in [0.15, 0.2) is 35.2 Å². The third kappa shape index (κ3) is 2.02. The van der Waals surface area contributed by atoms with Crippen LogP contribution >= 0.6 is 11.3 Å². The third-order valence-electron chi connectivity index (χ3n) is 3.27. The van der Waals surface area contributed by atoms with Crippen molar-refractivity contribution < 1.29 is 4.74 Å². The number of rotatable bonds is 3. The molecule has 1 atom stereocenters. The summed E-state index contributed by atoms with van der Waals surface area (Å²) in [4.78, 5) is 4.30. The van der Waals surface area contributed by atoms with Crippen LogP contribution in [0.3, 0.4) is 0 Å². The van der Waals surface area contributed by atoms with Crippen LogP contribution in [-0.4, -0.2) is 10.6 Å². The van der Waals surface area contributed by atoms with Crippen molar-refractivity contribution in [3.8, 4) is 5.75 Å². The van der Waals surface area contributed by atoms with Gasteiger partial charge in [-0.15, -0.1) is 11.3 Å². The normalized spacial score (nSPS) is 20.4. The molecule has 0 amide bonds. The molecule has 2 heterocycles. The largest absolute Gasteiger partial charge is 0.486 e. The van der Waals surface area contributed by atoms with E-state index in [0.717, 1.165) is 18.0 Å². The summed E-state index contributed by atoms with van der Waals surface area (Å²) in [6.45, 7) is 5.01. The molecule has 0 fully saturated rings. The Kier molecular flexibility index (Phi) is 2.84. The summed E-state index contributed by atoms with van der Waals surface area (Å²) in [5, 5.41) is 5.62. The van der Waals surface area contributed by atoms with E-state index in [4.69, 9.17) is 4.74 Å². The van der Waals surface area contributed by atoms with Crippen LogP contribution in [0.5, 0.6) is 5.75 Å². The maximum Gasteiger partial charge on any atom is 0.125 e. The Hall–Kier alpha value is -1.39. The zero-order chi connectivity index (χ0) is 12.6. The standard InChI is InChI=1S/C14H16N2OS/c1-14(2)13(15-7-10-8-18-9-16-10)11-5-3-4-6-12(11)17-14/h3-6,8-9,13,15H,7H2,1-2H3. The second-order valence-electron chi connectivity index (χ2n) is 5.04. The molecule has 1 N–H and O–H groups in total. The van der Waals surface area contributed by atoms with E-state index in [1.165, 1.54) is 5.56 Å². The predicted octanol–water partition coefficient (Wildman–Crippen LogP) is 3.15. The minimum Gasteiger partial charge on any atom is -0.486 e. The van der Waals surface area contributed by atoms with E-state index < -0.39 is 0 Å². The van der Waals surface area contributed by atoms with Gasteiger partial charge in [-0.2, -0.15) is 0 Å². The van der Waals surface area contributed by atoms with E-state index in [1.54, 1.807) is 11.3 Å². The molecular formula is C14H16N2OS. The molecule has 1 aliphatic heterocycles. The summed E-state index contributed by atoms with van der Waals surface area (Å²) < 4.78 is 6.00. The molecule has 0 aliphatic carbocycles. The summed E-state index contributed by atoms with van der Waals surface area (Å²) in [5.74, 6) is 0.985. The topological polar surface area (TPSA) is 34.1 Å². The highest BCUT2D eigenvalue weighted by Gasteiger charge is 2.40. The van der Waals surface area contributed by atoms with Gasteiger partial charge in [0.15, 0.2) is 0 Å². The Morgan fingerprint density at radius 1 is 1.39 bits per heavy atom. The molecular weight excluding hydrogens is 244 g/mol. The lowest BCUT2D eigenvalue weighted by Gasteiger charge is -2.27. The van der Waals surface area contributed by atoms with Crippen LogP contribution < -0.4 is 10.1 Å². The van der Waals surface area contributed by atoms with Crippen molar-refractivity contribution in [3.05, 3.63) is 46.4 Å². The van der Waals surface area contributed by atoms with Crippen molar-refractivity contribution in [1.82, 2.24) is 10.3 Å². The summed E-state index contributed by atoms with van der Waals surface area (Å²) in [5.41, 5.74) is 3.96. The summed E-state index contributed by atoms with van der Waals surface area (Å²) in [6.07, 6.45) is 0. The zero-order valence-corrected chi connectivity index (χ0v) is 11.3. The van der Waals surface area contributed by atoms with E-state index in [-0.39, 0.29) is 11.6 Å². The molecule has 18 heavy (non-hydrogen) atoms. The minimum absolute atomic E-state index is 0.204. The van der Waals surface area contributed by atoms with Crippen LogP contribution in [0.25, 0.3) is 0 Å². The number of nitrogens with zero attached hydrogens (tertiary/aromatic N) is 1. The third-order valence-corrected chi connectivity index (χ3v) is 3.90.